The van der Waals surface area contributed by atoms with Gasteiger partial charge in [0.1, 0.15) is 17.9 Å². The molecule has 1 aliphatic carbocycles. The van der Waals surface area contributed by atoms with Crippen LogP contribution in [0.5, 0.6) is 5.75 Å². The molecule has 1 aliphatic heterocycles. The van der Waals surface area contributed by atoms with Gasteiger partial charge < -0.3 is 19.7 Å². The third-order valence-electron chi connectivity index (χ3n) is 6.93. The Hall–Kier alpha value is -2.28. The van der Waals surface area contributed by atoms with Crippen LogP contribution in [0.2, 0.25) is 0 Å². The van der Waals surface area contributed by atoms with Crippen LogP contribution in [0.15, 0.2) is 18.2 Å². The van der Waals surface area contributed by atoms with E-state index in [4.69, 9.17) is 9.47 Å². The Morgan fingerprint density at radius 2 is 1.91 bits per heavy atom. The summed E-state index contributed by atoms with van der Waals surface area (Å²) in [6.45, 7) is 9.72. The molecule has 1 heterocycles. The third kappa shape index (κ3) is 9.02. The van der Waals surface area contributed by atoms with E-state index in [1.807, 2.05) is 25.7 Å². The molecule has 1 aromatic carbocycles. The summed E-state index contributed by atoms with van der Waals surface area (Å²) in [5.41, 5.74) is 2.40. The summed E-state index contributed by atoms with van der Waals surface area (Å²) >= 11 is 0. The quantitative estimate of drug-likeness (QED) is 0.495. The van der Waals surface area contributed by atoms with E-state index < -0.39 is 11.7 Å². The number of ether oxygens (including phenoxy) is 2. The second-order valence-electron chi connectivity index (χ2n) is 11.0. The zero-order valence-corrected chi connectivity index (χ0v) is 22.2. The molecule has 0 aromatic heterocycles. The first kappa shape index (κ1) is 27.3. The number of nitrogens with zero attached hydrogens (tertiary/aromatic N) is 2. The smallest absolute Gasteiger partial charge is 0.410 e. The van der Waals surface area contributed by atoms with Crippen molar-refractivity contribution in [2.45, 2.75) is 77.7 Å². The lowest BCUT2D eigenvalue weighted by molar-refractivity contribution is -0.131. The Morgan fingerprint density at radius 3 is 2.69 bits per heavy atom. The monoisotopic (exact) mass is 487 g/mol. The number of aryl methyl sites for hydroxylation is 1. The Balaban J connectivity index is 1.25. The highest BCUT2D eigenvalue weighted by molar-refractivity contribution is 5.82. The van der Waals surface area contributed by atoms with E-state index in [1.54, 1.807) is 7.11 Å². The molecule has 0 bridgehead atoms. The Labute approximate surface area is 211 Å². The molecule has 1 saturated heterocycles. The van der Waals surface area contributed by atoms with Crippen LogP contribution < -0.4 is 10.1 Å². The van der Waals surface area contributed by atoms with Crippen molar-refractivity contribution in [3.8, 4) is 5.75 Å². The van der Waals surface area contributed by atoms with Gasteiger partial charge in [-0.3, -0.25) is 9.69 Å². The number of carbonyl (C=O) groups excluding carboxylic acids is 2. The molecule has 2 amide bonds. The highest BCUT2D eigenvalue weighted by Crippen LogP contribution is 2.30. The average molecular weight is 488 g/mol. The summed E-state index contributed by atoms with van der Waals surface area (Å²) in [5, 5.41) is 3.57. The maximum Gasteiger partial charge on any atom is 0.410 e. The van der Waals surface area contributed by atoms with Crippen LogP contribution >= 0.6 is 0 Å². The number of methoxy groups -OCH3 is 1. The van der Waals surface area contributed by atoms with Gasteiger partial charge in [0.2, 0.25) is 5.91 Å². The highest BCUT2D eigenvalue weighted by atomic mass is 16.6. The summed E-state index contributed by atoms with van der Waals surface area (Å²) in [4.78, 5) is 28.4. The van der Waals surface area contributed by atoms with Crippen LogP contribution in [0.4, 0.5) is 4.79 Å². The lowest BCUT2D eigenvalue weighted by Crippen LogP contribution is -2.42. The van der Waals surface area contributed by atoms with Gasteiger partial charge in [0.25, 0.3) is 0 Å². The molecule has 0 saturated carbocycles. The van der Waals surface area contributed by atoms with E-state index in [9.17, 15) is 9.59 Å². The molecular weight excluding hydrogens is 442 g/mol. The summed E-state index contributed by atoms with van der Waals surface area (Å²) < 4.78 is 10.8. The van der Waals surface area contributed by atoms with Crippen LogP contribution in [0.1, 0.15) is 70.4 Å². The molecule has 0 radical (unpaired) electrons. The first-order valence-electron chi connectivity index (χ1n) is 13.4. The molecule has 1 N–H and O–H groups in total. The number of benzene rings is 1. The summed E-state index contributed by atoms with van der Waals surface area (Å²) in [5.74, 6) is 1.76. The minimum absolute atomic E-state index is 0.0213. The van der Waals surface area contributed by atoms with Crippen LogP contribution in [0.3, 0.4) is 0 Å². The van der Waals surface area contributed by atoms with E-state index >= 15 is 0 Å². The first-order chi connectivity index (χ1) is 16.7. The zero-order chi connectivity index (χ0) is 25.3. The first-order valence-corrected chi connectivity index (χ1v) is 13.4. The summed E-state index contributed by atoms with van der Waals surface area (Å²) in [6.07, 6.45) is 8.53. The van der Waals surface area contributed by atoms with Crippen molar-refractivity contribution in [3.63, 3.8) is 0 Å². The lowest BCUT2D eigenvalue weighted by atomic mass is 9.81. The molecule has 1 fully saturated rings. The molecule has 196 valence electrons. The standard InChI is InChI=1S/C28H45N3O4/c1-28(2,3)35-27(33)31-18-8-17-30(26(32)21-31)16-6-5-14-29-15-7-9-22-10-11-23-12-13-25(34-4)20-24(23)19-22/h12-13,20,22,29H,5-11,14-19,21H2,1-4H3. The number of unbranched alkanes of at least 4 members (excludes halogenated alkanes) is 1. The molecule has 1 atom stereocenters. The van der Waals surface area contributed by atoms with Gasteiger partial charge in [-0.15, -0.1) is 0 Å². The van der Waals surface area contributed by atoms with Crippen molar-refractivity contribution in [2.24, 2.45) is 5.92 Å². The second kappa shape index (κ2) is 13.1. The number of hydrogen-bond donors (Lipinski definition) is 1. The van der Waals surface area contributed by atoms with E-state index in [-0.39, 0.29) is 12.5 Å². The average Bonchev–Trinajstić information content (AvgIpc) is 3.00. The number of hydrogen-bond acceptors (Lipinski definition) is 5. The van der Waals surface area contributed by atoms with Crippen LogP contribution in [-0.2, 0) is 22.4 Å². The number of carbonyl (C=O) groups is 2. The molecule has 7 nitrogen and oxygen atoms in total. The Kier molecular flexibility index (Phi) is 10.3. The van der Waals surface area contributed by atoms with Gasteiger partial charge in [-0.25, -0.2) is 4.79 Å². The van der Waals surface area contributed by atoms with E-state index in [0.29, 0.717) is 13.1 Å². The molecular formula is C28H45N3O4. The van der Waals surface area contributed by atoms with Crippen LogP contribution in [0, 0.1) is 5.92 Å². The summed E-state index contributed by atoms with van der Waals surface area (Å²) in [6, 6.07) is 6.51. The topological polar surface area (TPSA) is 71.1 Å². The Morgan fingerprint density at radius 1 is 1.11 bits per heavy atom. The third-order valence-corrected chi connectivity index (χ3v) is 6.93. The largest absolute Gasteiger partial charge is 0.497 e. The van der Waals surface area contributed by atoms with Crippen molar-refractivity contribution in [2.75, 3.05) is 46.4 Å². The van der Waals surface area contributed by atoms with Crippen molar-refractivity contribution in [3.05, 3.63) is 29.3 Å². The highest BCUT2D eigenvalue weighted by Gasteiger charge is 2.28. The molecule has 35 heavy (non-hydrogen) atoms. The predicted molar refractivity (Wildman–Crippen MR) is 139 cm³/mol. The Bertz CT molecular complexity index is 836. The van der Waals surface area contributed by atoms with Gasteiger partial charge in [0.15, 0.2) is 0 Å². The SMILES string of the molecule is COc1ccc2c(c1)CC(CCCNCCCCN1CCCN(C(=O)OC(C)(C)C)CC1=O)CC2. The van der Waals surface area contributed by atoms with Gasteiger partial charge >= 0.3 is 6.09 Å². The van der Waals surface area contributed by atoms with Gasteiger partial charge in [0.05, 0.1) is 7.11 Å². The summed E-state index contributed by atoms with van der Waals surface area (Å²) in [7, 11) is 1.74. The molecule has 2 aliphatic rings. The van der Waals surface area contributed by atoms with Gasteiger partial charge in [-0.1, -0.05) is 6.07 Å². The van der Waals surface area contributed by atoms with Crippen LogP contribution in [-0.4, -0.2) is 73.8 Å². The van der Waals surface area contributed by atoms with Crippen molar-refractivity contribution < 1.29 is 19.1 Å². The van der Waals surface area contributed by atoms with E-state index in [0.717, 1.165) is 50.6 Å². The van der Waals surface area contributed by atoms with Gasteiger partial charge in [-0.05, 0) is 114 Å². The lowest BCUT2D eigenvalue weighted by Gasteiger charge is -2.26. The minimum Gasteiger partial charge on any atom is -0.497 e. The fraction of sp³-hybridized carbons (Fsp3) is 0.714. The fourth-order valence-electron chi connectivity index (χ4n) is 5.01. The van der Waals surface area contributed by atoms with Crippen LogP contribution in [0.25, 0.3) is 0 Å². The zero-order valence-electron chi connectivity index (χ0n) is 22.2. The van der Waals surface area contributed by atoms with Crippen molar-refractivity contribution in [1.82, 2.24) is 15.1 Å². The fourth-order valence-corrected chi connectivity index (χ4v) is 5.01. The maximum absolute atomic E-state index is 12.6. The van der Waals surface area contributed by atoms with Crippen molar-refractivity contribution >= 4 is 12.0 Å². The molecule has 7 heteroatoms. The second-order valence-corrected chi connectivity index (χ2v) is 11.0. The predicted octanol–water partition coefficient (Wildman–Crippen LogP) is 4.42. The van der Waals surface area contributed by atoms with Gasteiger partial charge in [0, 0.05) is 19.6 Å². The number of fused-ring (bicyclic) bond motifs is 1. The van der Waals surface area contributed by atoms with Gasteiger partial charge in [-0.2, -0.15) is 0 Å². The minimum atomic E-state index is -0.547. The normalized spacial score (nSPS) is 18.7. The number of amides is 2. The van der Waals surface area contributed by atoms with E-state index in [1.165, 1.54) is 48.1 Å². The molecule has 3 rings (SSSR count). The maximum atomic E-state index is 12.6. The number of nitrogens with one attached hydrogen (secondary N) is 1. The molecule has 1 aromatic rings. The van der Waals surface area contributed by atoms with Crippen molar-refractivity contribution in [1.29, 1.82) is 0 Å². The number of rotatable bonds is 10. The van der Waals surface area contributed by atoms with E-state index in [2.05, 4.69) is 23.5 Å². The molecule has 1 unspecified atom stereocenters. The molecule has 0 spiro atoms.